The molecule has 0 spiro atoms. The molecule has 0 bridgehead atoms. The lowest BCUT2D eigenvalue weighted by atomic mass is 9.83. The van der Waals surface area contributed by atoms with Gasteiger partial charge in [0.15, 0.2) is 11.2 Å². The monoisotopic (exact) mass is 854 g/mol. The van der Waals surface area contributed by atoms with Gasteiger partial charge < -0.3 is 30.9 Å². The number of carboxylic acid groups (broad SMARTS) is 1. The largest absolute Gasteiger partial charge is 0.487 e. The van der Waals surface area contributed by atoms with Crippen LogP contribution in [0.25, 0.3) is 11.2 Å². The number of anilines is 2. The number of carbonyl (C=O) groups is 3. The fourth-order valence-corrected chi connectivity index (χ4v) is 8.33. The van der Waals surface area contributed by atoms with E-state index < -0.39 is 29.4 Å². The highest BCUT2D eigenvalue weighted by Gasteiger charge is 2.35. The maximum Gasteiger partial charge on any atom is 0.326 e. The van der Waals surface area contributed by atoms with E-state index in [-0.39, 0.29) is 47.7 Å². The van der Waals surface area contributed by atoms with Gasteiger partial charge in [-0.25, -0.2) is 14.8 Å². The Labute approximate surface area is 365 Å². The van der Waals surface area contributed by atoms with E-state index in [4.69, 9.17) is 15.2 Å². The van der Waals surface area contributed by atoms with Crippen molar-refractivity contribution in [2.75, 3.05) is 11.1 Å². The van der Waals surface area contributed by atoms with Crippen LogP contribution in [0.5, 0.6) is 11.5 Å². The molecule has 2 aromatic heterocycles. The Hall–Kier alpha value is -5.53. The number of hydrogen-bond donors (Lipinski definition) is 5. The fourth-order valence-electron chi connectivity index (χ4n) is 8.33. The molecule has 62 heavy (non-hydrogen) atoms. The highest BCUT2D eigenvalue weighted by atomic mass is 16.5. The van der Waals surface area contributed by atoms with Crippen molar-refractivity contribution in [2.45, 2.75) is 157 Å². The highest BCUT2D eigenvalue weighted by molar-refractivity contribution is 5.97. The number of hydrogen-bond acceptors (Lipinski definition) is 11. The zero-order valence-electron chi connectivity index (χ0n) is 37.9. The third kappa shape index (κ3) is 13.0. The van der Waals surface area contributed by atoms with E-state index in [1.807, 2.05) is 20.8 Å². The van der Waals surface area contributed by atoms with E-state index in [0.717, 1.165) is 65.5 Å². The molecule has 4 atom stereocenters. The van der Waals surface area contributed by atoms with Gasteiger partial charge in [0, 0.05) is 23.2 Å². The average molecular weight is 854 g/mol. The fraction of sp³-hybridized carbons (Fsp3) is 0.562. The van der Waals surface area contributed by atoms with E-state index in [1.165, 1.54) is 51.1 Å². The minimum absolute atomic E-state index is 0.0485. The number of esters is 1. The third-order valence-corrected chi connectivity index (χ3v) is 12.4. The number of amides is 1. The predicted octanol–water partition coefficient (Wildman–Crippen LogP) is 8.92. The maximum atomic E-state index is 13.2. The summed E-state index contributed by atoms with van der Waals surface area (Å²) in [5.41, 5.74) is 10.0. The maximum absolute atomic E-state index is 13.2. The minimum atomic E-state index is -1.32. The first-order chi connectivity index (χ1) is 29.4. The van der Waals surface area contributed by atoms with Gasteiger partial charge in [-0.05, 0) is 119 Å². The van der Waals surface area contributed by atoms with Crippen molar-refractivity contribution in [3.8, 4) is 11.5 Å². The summed E-state index contributed by atoms with van der Waals surface area (Å²) >= 11 is 0. The number of aromatic amines is 1. The summed E-state index contributed by atoms with van der Waals surface area (Å²) in [6.07, 6.45) is 14.0. The van der Waals surface area contributed by atoms with E-state index in [2.05, 4.69) is 65.2 Å². The Morgan fingerprint density at radius 1 is 0.919 bits per heavy atom. The van der Waals surface area contributed by atoms with E-state index >= 15 is 0 Å². The molecular weight excluding hydrogens is 787 g/mol. The molecule has 1 unspecified atom stereocenters. The number of H-pyrrole nitrogens is 1. The van der Waals surface area contributed by atoms with Crippen LogP contribution in [-0.4, -0.2) is 54.5 Å². The van der Waals surface area contributed by atoms with Gasteiger partial charge in [-0.3, -0.25) is 19.4 Å². The van der Waals surface area contributed by atoms with Gasteiger partial charge in [-0.15, -0.1) is 0 Å². The summed E-state index contributed by atoms with van der Waals surface area (Å²) in [5.74, 6) is 1.17. The molecule has 1 amide bonds. The van der Waals surface area contributed by atoms with Crippen LogP contribution in [0.15, 0.2) is 35.3 Å². The second-order valence-corrected chi connectivity index (χ2v) is 18.2. The van der Waals surface area contributed by atoms with Crippen molar-refractivity contribution < 1.29 is 29.0 Å². The molecule has 0 radical (unpaired) electrons. The first kappa shape index (κ1) is 47.5. The lowest BCUT2D eigenvalue weighted by Crippen LogP contribution is -2.41. The summed E-state index contributed by atoms with van der Waals surface area (Å²) in [6, 6.07) is 5.09. The Morgan fingerprint density at radius 3 is 2.24 bits per heavy atom. The molecule has 336 valence electrons. The molecule has 0 aliphatic carbocycles. The Balaban J connectivity index is 1.08. The predicted molar refractivity (Wildman–Crippen MR) is 243 cm³/mol. The SMILES string of the molecule is Cc1c(C)c2c(c(C)c1OC(=O)CCC(NC(=O)c1ccc(NCc3cnc4nc(N)[nH]c(=O)c4n3)cc1)C(=O)O)CC[C@@](C)(CCC[C@H](C)CCC[C@H](C)CCCC(C)C)O2. The number of fused-ring (bicyclic) bond motifs is 2. The number of benzene rings is 2. The Morgan fingerprint density at radius 2 is 1.58 bits per heavy atom. The molecule has 14 heteroatoms. The molecule has 0 saturated carbocycles. The summed E-state index contributed by atoms with van der Waals surface area (Å²) < 4.78 is 12.7. The average Bonchev–Trinajstić information content (AvgIpc) is 3.22. The van der Waals surface area contributed by atoms with Crippen molar-refractivity contribution in [1.82, 2.24) is 25.3 Å². The number of nitrogen functional groups attached to an aromatic ring is 1. The molecule has 1 aliphatic rings. The summed E-state index contributed by atoms with van der Waals surface area (Å²) in [7, 11) is 0. The molecule has 6 N–H and O–H groups in total. The number of nitrogens with one attached hydrogen (secondary N) is 3. The van der Waals surface area contributed by atoms with Crippen LogP contribution in [0, 0.1) is 38.5 Å². The van der Waals surface area contributed by atoms with Crippen molar-refractivity contribution in [1.29, 1.82) is 0 Å². The third-order valence-electron chi connectivity index (χ3n) is 12.4. The van der Waals surface area contributed by atoms with Crippen molar-refractivity contribution in [3.63, 3.8) is 0 Å². The van der Waals surface area contributed by atoms with Gasteiger partial charge in [0.05, 0.1) is 18.4 Å². The number of aliphatic carboxylic acids is 1. The second kappa shape index (κ2) is 21.5. The normalized spacial score (nSPS) is 16.3. The quantitative estimate of drug-likeness (QED) is 0.0371. The van der Waals surface area contributed by atoms with Crippen LogP contribution in [-0.2, 0) is 22.6 Å². The van der Waals surface area contributed by atoms with Gasteiger partial charge in [-0.2, -0.15) is 4.98 Å². The van der Waals surface area contributed by atoms with Gasteiger partial charge in [0.1, 0.15) is 23.1 Å². The highest BCUT2D eigenvalue weighted by Crippen LogP contribution is 2.45. The number of carbonyl (C=O) groups excluding carboxylic acids is 2. The first-order valence-electron chi connectivity index (χ1n) is 22.3. The molecule has 5 rings (SSSR count). The van der Waals surface area contributed by atoms with E-state index in [9.17, 15) is 24.3 Å². The number of aromatic nitrogens is 4. The summed E-state index contributed by atoms with van der Waals surface area (Å²) in [4.78, 5) is 65.4. The van der Waals surface area contributed by atoms with Gasteiger partial charge >= 0.3 is 11.9 Å². The molecular formula is C48H67N7O7. The van der Waals surface area contributed by atoms with Crippen molar-refractivity contribution >= 4 is 40.6 Å². The molecule has 4 aromatic rings. The van der Waals surface area contributed by atoms with Crippen LogP contribution in [0.3, 0.4) is 0 Å². The number of nitrogens with two attached hydrogens (primary N) is 1. The molecule has 1 aliphatic heterocycles. The van der Waals surface area contributed by atoms with Crippen molar-refractivity contribution in [2.24, 2.45) is 17.8 Å². The summed E-state index contributed by atoms with van der Waals surface area (Å²) in [6.45, 7) is 17.7. The van der Waals surface area contributed by atoms with Crippen LogP contribution >= 0.6 is 0 Å². The smallest absolute Gasteiger partial charge is 0.326 e. The molecule has 2 aromatic carbocycles. The van der Waals surface area contributed by atoms with Crippen LogP contribution in [0.4, 0.5) is 11.6 Å². The standard InChI is InChI=1S/C48H67N7O7/c1-28(2)12-9-13-29(3)14-10-15-30(4)16-11-24-48(8)25-23-37-33(7)41(31(5)32(6)42(37)62-48)61-39(56)22-21-38(46(59)60)53-44(57)34-17-19-35(20-18-34)50-26-36-27-51-43-40(52-36)45(58)55-47(49)54-43/h17-20,27-30,38,50H,9-16,21-26H2,1-8H3,(H,53,57)(H,59,60)(H3,49,51,54,55,58)/t29-,30-,38?,48-/m1/s1. The van der Waals surface area contributed by atoms with Crippen LogP contribution in [0.2, 0.25) is 0 Å². The molecule has 14 nitrogen and oxygen atoms in total. The zero-order chi connectivity index (χ0) is 45.1. The minimum Gasteiger partial charge on any atom is -0.487 e. The number of nitrogens with zero attached hydrogens (tertiary/aromatic N) is 3. The van der Waals surface area contributed by atoms with Crippen LogP contribution in [0.1, 0.15) is 150 Å². The topological polar surface area (TPSA) is 212 Å². The molecule has 3 heterocycles. The number of ether oxygens (including phenoxy) is 2. The number of carboxylic acids is 1. The number of rotatable bonds is 22. The summed E-state index contributed by atoms with van der Waals surface area (Å²) in [5, 5.41) is 15.6. The Kier molecular flexibility index (Phi) is 16.5. The van der Waals surface area contributed by atoms with Gasteiger partial charge in [0.25, 0.3) is 11.5 Å². The first-order valence-corrected chi connectivity index (χ1v) is 22.3. The molecule has 0 saturated heterocycles. The van der Waals surface area contributed by atoms with E-state index in [1.54, 1.807) is 24.3 Å². The van der Waals surface area contributed by atoms with E-state index in [0.29, 0.717) is 23.0 Å². The van der Waals surface area contributed by atoms with Gasteiger partial charge in [-0.1, -0.05) is 72.6 Å². The molecule has 0 fully saturated rings. The van der Waals surface area contributed by atoms with Crippen molar-refractivity contribution in [3.05, 3.63) is 74.3 Å². The Bertz CT molecular complexity index is 2260. The van der Waals surface area contributed by atoms with Crippen LogP contribution < -0.4 is 31.4 Å². The zero-order valence-corrected chi connectivity index (χ0v) is 37.9. The lowest BCUT2D eigenvalue weighted by molar-refractivity contribution is -0.140. The second-order valence-electron chi connectivity index (χ2n) is 18.2. The van der Waals surface area contributed by atoms with Gasteiger partial charge in [0.2, 0.25) is 5.95 Å². The lowest BCUT2D eigenvalue weighted by Gasteiger charge is -2.38.